The van der Waals surface area contributed by atoms with Gasteiger partial charge in [-0.2, -0.15) is 0 Å². The van der Waals surface area contributed by atoms with E-state index in [-0.39, 0.29) is 11.9 Å². The van der Waals surface area contributed by atoms with Gasteiger partial charge in [0, 0.05) is 25.0 Å². The molecule has 15 heavy (non-hydrogen) atoms. The molecule has 1 heterocycles. The standard InChI is InChI=1S/C11H18N2O2/c14-11(13-9-3-1-2-4-9)7-10-8-15-6-5-12-10/h1-2,9-10,12H,3-8H2,(H,13,14). The summed E-state index contributed by atoms with van der Waals surface area (Å²) in [4.78, 5) is 11.6. The summed E-state index contributed by atoms with van der Waals surface area (Å²) in [6.07, 6.45) is 6.71. The molecule has 4 nitrogen and oxygen atoms in total. The van der Waals surface area contributed by atoms with Gasteiger partial charge < -0.3 is 15.4 Å². The smallest absolute Gasteiger partial charge is 0.221 e. The van der Waals surface area contributed by atoms with Crippen molar-refractivity contribution in [2.24, 2.45) is 0 Å². The van der Waals surface area contributed by atoms with Crippen LogP contribution in [0.4, 0.5) is 0 Å². The number of amides is 1. The summed E-state index contributed by atoms with van der Waals surface area (Å²) in [7, 11) is 0. The maximum Gasteiger partial charge on any atom is 0.221 e. The molecule has 0 aromatic carbocycles. The maximum absolute atomic E-state index is 11.6. The van der Waals surface area contributed by atoms with Gasteiger partial charge in [-0.1, -0.05) is 12.2 Å². The minimum atomic E-state index is 0.131. The van der Waals surface area contributed by atoms with Crippen molar-refractivity contribution in [1.82, 2.24) is 10.6 Å². The highest BCUT2D eigenvalue weighted by Crippen LogP contribution is 2.09. The van der Waals surface area contributed by atoms with Crippen molar-refractivity contribution in [3.8, 4) is 0 Å². The van der Waals surface area contributed by atoms with Gasteiger partial charge in [0.05, 0.1) is 13.2 Å². The van der Waals surface area contributed by atoms with Crippen LogP contribution in [0.1, 0.15) is 19.3 Å². The first kappa shape index (κ1) is 10.6. The van der Waals surface area contributed by atoms with Crippen molar-refractivity contribution >= 4 is 5.91 Å². The van der Waals surface area contributed by atoms with Crippen molar-refractivity contribution in [3.05, 3.63) is 12.2 Å². The summed E-state index contributed by atoms with van der Waals surface area (Å²) >= 11 is 0. The molecule has 1 saturated heterocycles. The zero-order valence-electron chi connectivity index (χ0n) is 8.87. The van der Waals surface area contributed by atoms with Crippen LogP contribution in [0.3, 0.4) is 0 Å². The van der Waals surface area contributed by atoms with Gasteiger partial charge >= 0.3 is 0 Å². The van der Waals surface area contributed by atoms with E-state index in [1.54, 1.807) is 0 Å². The van der Waals surface area contributed by atoms with Crippen molar-refractivity contribution < 1.29 is 9.53 Å². The van der Waals surface area contributed by atoms with Gasteiger partial charge in [0.15, 0.2) is 0 Å². The van der Waals surface area contributed by atoms with E-state index in [1.807, 2.05) is 0 Å². The third-order valence-electron chi connectivity index (χ3n) is 2.80. The molecule has 0 aromatic heterocycles. The number of hydrogen-bond acceptors (Lipinski definition) is 3. The molecule has 0 radical (unpaired) electrons. The van der Waals surface area contributed by atoms with E-state index in [4.69, 9.17) is 4.74 Å². The molecule has 84 valence electrons. The van der Waals surface area contributed by atoms with Crippen LogP contribution in [-0.2, 0) is 9.53 Å². The Hall–Kier alpha value is -0.870. The molecule has 1 unspecified atom stereocenters. The van der Waals surface area contributed by atoms with Gasteiger partial charge in [-0.3, -0.25) is 4.79 Å². The predicted molar refractivity (Wildman–Crippen MR) is 57.5 cm³/mol. The summed E-state index contributed by atoms with van der Waals surface area (Å²) in [5.41, 5.74) is 0. The number of rotatable bonds is 3. The maximum atomic E-state index is 11.6. The fourth-order valence-corrected chi connectivity index (χ4v) is 2.00. The van der Waals surface area contributed by atoms with E-state index >= 15 is 0 Å². The zero-order chi connectivity index (χ0) is 10.5. The van der Waals surface area contributed by atoms with Crippen molar-refractivity contribution in [2.75, 3.05) is 19.8 Å². The van der Waals surface area contributed by atoms with Crippen LogP contribution in [0, 0.1) is 0 Å². The average molecular weight is 210 g/mol. The van der Waals surface area contributed by atoms with Gasteiger partial charge in [-0.05, 0) is 12.8 Å². The Labute approximate surface area is 90.1 Å². The van der Waals surface area contributed by atoms with Crippen LogP contribution in [0.25, 0.3) is 0 Å². The second-order valence-electron chi connectivity index (χ2n) is 4.14. The number of nitrogens with one attached hydrogen (secondary N) is 2. The van der Waals surface area contributed by atoms with Crippen LogP contribution >= 0.6 is 0 Å². The zero-order valence-corrected chi connectivity index (χ0v) is 8.87. The molecule has 0 aromatic rings. The van der Waals surface area contributed by atoms with Gasteiger partial charge in [0.25, 0.3) is 0 Å². The second-order valence-corrected chi connectivity index (χ2v) is 4.14. The van der Waals surface area contributed by atoms with E-state index in [0.717, 1.165) is 26.0 Å². The average Bonchev–Trinajstić information content (AvgIpc) is 2.71. The van der Waals surface area contributed by atoms with Crippen molar-refractivity contribution in [3.63, 3.8) is 0 Å². The van der Waals surface area contributed by atoms with Crippen LogP contribution in [0.2, 0.25) is 0 Å². The highest BCUT2D eigenvalue weighted by Gasteiger charge is 2.19. The lowest BCUT2D eigenvalue weighted by Gasteiger charge is -2.24. The lowest BCUT2D eigenvalue weighted by atomic mass is 10.1. The van der Waals surface area contributed by atoms with E-state index in [1.165, 1.54) is 0 Å². The Morgan fingerprint density at radius 3 is 2.93 bits per heavy atom. The monoisotopic (exact) mass is 210 g/mol. The SMILES string of the molecule is O=C(CC1COCCN1)NC1CC=CC1. The Morgan fingerprint density at radius 1 is 1.47 bits per heavy atom. The fourth-order valence-electron chi connectivity index (χ4n) is 2.00. The second kappa shape index (κ2) is 5.28. The summed E-state index contributed by atoms with van der Waals surface area (Å²) in [5, 5.41) is 6.30. The molecule has 2 aliphatic rings. The Kier molecular flexibility index (Phi) is 3.75. The number of hydrogen-bond donors (Lipinski definition) is 2. The molecule has 4 heteroatoms. The number of carbonyl (C=O) groups is 1. The molecule has 0 saturated carbocycles. The first-order valence-corrected chi connectivity index (χ1v) is 5.60. The Morgan fingerprint density at radius 2 is 2.27 bits per heavy atom. The predicted octanol–water partition coefficient (Wildman–Crippen LogP) is 0.200. The highest BCUT2D eigenvalue weighted by molar-refractivity contribution is 5.77. The topological polar surface area (TPSA) is 50.4 Å². The molecule has 0 bridgehead atoms. The van der Waals surface area contributed by atoms with E-state index in [2.05, 4.69) is 22.8 Å². The summed E-state index contributed by atoms with van der Waals surface area (Å²) in [6, 6.07) is 0.509. The molecule has 1 aliphatic carbocycles. The highest BCUT2D eigenvalue weighted by atomic mass is 16.5. The summed E-state index contributed by atoms with van der Waals surface area (Å²) in [5.74, 6) is 0.131. The first-order chi connectivity index (χ1) is 7.34. The number of morpholine rings is 1. The fraction of sp³-hybridized carbons (Fsp3) is 0.727. The molecule has 1 atom stereocenters. The van der Waals surface area contributed by atoms with Gasteiger partial charge in [-0.25, -0.2) is 0 Å². The minimum Gasteiger partial charge on any atom is -0.378 e. The Balaban J connectivity index is 1.67. The van der Waals surface area contributed by atoms with Crippen LogP contribution in [0.5, 0.6) is 0 Å². The third-order valence-corrected chi connectivity index (χ3v) is 2.80. The van der Waals surface area contributed by atoms with E-state index < -0.39 is 0 Å². The largest absolute Gasteiger partial charge is 0.378 e. The molecular weight excluding hydrogens is 192 g/mol. The number of carbonyl (C=O) groups excluding carboxylic acids is 1. The molecule has 1 fully saturated rings. The van der Waals surface area contributed by atoms with E-state index in [0.29, 0.717) is 19.1 Å². The normalized spacial score (nSPS) is 26.8. The third kappa shape index (κ3) is 3.32. The van der Waals surface area contributed by atoms with E-state index in [9.17, 15) is 4.79 Å². The van der Waals surface area contributed by atoms with Crippen LogP contribution in [-0.4, -0.2) is 37.7 Å². The van der Waals surface area contributed by atoms with Crippen LogP contribution in [0.15, 0.2) is 12.2 Å². The van der Waals surface area contributed by atoms with Crippen molar-refractivity contribution in [2.45, 2.75) is 31.3 Å². The van der Waals surface area contributed by atoms with Gasteiger partial charge in [-0.15, -0.1) is 0 Å². The Bertz CT molecular complexity index is 239. The summed E-state index contributed by atoms with van der Waals surface area (Å²) in [6.45, 7) is 2.25. The molecule has 2 rings (SSSR count). The van der Waals surface area contributed by atoms with Crippen molar-refractivity contribution in [1.29, 1.82) is 0 Å². The number of ether oxygens (including phenoxy) is 1. The quantitative estimate of drug-likeness (QED) is 0.654. The lowest BCUT2D eigenvalue weighted by Crippen LogP contribution is -2.45. The molecule has 1 aliphatic heterocycles. The molecule has 1 amide bonds. The lowest BCUT2D eigenvalue weighted by molar-refractivity contribution is -0.122. The van der Waals surface area contributed by atoms with Gasteiger partial charge in [0.1, 0.15) is 0 Å². The molecule has 0 spiro atoms. The summed E-state index contributed by atoms with van der Waals surface area (Å²) < 4.78 is 5.30. The minimum absolute atomic E-state index is 0.131. The first-order valence-electron chi connectivity index (χ1n) is 5.60. The molecule has 2 N–H and O–H groups in total. The molecular formula is C11H18N2O2. The van der Waals surface area contributed by atoms with Gasteiger partial charge in [0.2, 0.25) is 5.91 Å². The van der Waals surface area contributed by atoms with Crippen LogP contribution < -0.4 is 10.6 Å².